The van der Waals surface area contributed by atoms with Crippen molar-refractivity contribution in [2.45, 2.75) is 6.54 Å². The van der Waals surface area contributed by atoms with Gasteiger partial charge in [-0.05, 0) is 11.4 Å². The quantitative estimate of drug-likeness (QED) is 0.800. The van der Waals surface area contributed by atoms with Crippen LogP contribution in [0.25, 0.3) is 11.4 Å². The highest BCUT2D eigenvalue weighted by Gasteiger charge is 2.10. The third-order valence-electron chi connectivity index (χ3n) is 2.68. The standard InChI is InChI=1S/C14H11N3O2S/c18-14(11-6-7-20-9-11)15-8-12-16-13(17-19-12)10-4-2-1-3-5-10/h1-7,9H,8H2,(H,15,18). The SMILES string of the molecule is O=C(NCc1nc(-c2ccccc2)no1)c1ccsc1. The topological polar surface area (TPSA) is 68.0 Å². The molecule has 0 unspecified atom stereocenters. The summed E-state index contributed by atoms with van der Waals surface area (Å²) in [5.41, 5.74) is 1.52. The predicted octanol–water partition coefficient (Wildman–Crippen LogP) is 2.73. The summed E-state index contributed by atoms with van der Waals surface area (Å²) in [5, 5.41) is 10.3. The van der Waals surface area contributed by atoms with Gasteiger partial charge in [-0.2, -0.15) is 16.3 Å². The minimum atomic E-state index is -0.147. The van der Waals surface area contributed by atoms with Crippen LogP contribution >= 0.6 is 11.3 Å². The van der Waals surface area contributed by atoms with Gasteiger partial charge in [0.1, 0.15) is 0 Å². The Morgan fingerprint density at radius 2 is 2.10 bits per heavy atom. The van der Waals surface area contributed by atoms with Gasteiger partial charge in [0.05, 0.1) is 6.54 Å². The van der Waals surface area contributed by atoms with Gasteiger partial charge >= 0.3 is 0 Å². The lowest BCUT2D eigenvalue weighted by Crippen LogP contribution is -2.22. The summed E-state index contributed by atoms with van der Waals surface area (Å²) >= 11 is 1.48. The highest BCUT2D eigenvalue weighted by molar-refractivity contribution is 7.08. The van der Waals surface area contributed by atoms with Crippen LogP contribution in [0.4, 0.5) is 0 Å². The Bertz CT molecular complexity index is 692. The first-order valence-corrected chi connectivity index (χ1v) is 6.95. The molecule has 6 heteroatoms. The van der Waals surface area contributed by atoms with E-state index in [1.807, 2.05) is 35.7 Å². The van der Waals surface area contributed by atoms with Gasteiger partial charge in [-0.1, -0.05) is 35.5 Å². The number of carbonyl (C=O) groups excluding carboxylic acids is 1. The van der Waals surface area contributed by atoms with E-state index in [0.717, 1.165) is 5.56 Å². The van der Waals surface area contributed by atoms with Crippen LogP contribution in [0.3, 0.4) is 0 Å². The van der Waals surface area contributed by atoms with Crippen molar-refractivity contribution in [3.8, 4) is 11.4 Å². The predicted molar refractivity (Wildman–Crippen MR) is 75.2 cm³/mol. The molecule has 1 amide bonds. The fourth-order valence-electron chi connectivity index (χ4n) is 1.68. The molecule has 0 aliphatic rings. The van der Waals surface area contributed by atoms with Crippen LogP contribution in [-0.4, -0.2) is 16.0 Å². The average molecular weight is 285 g/mol. The summed E-state index contributed by atoms with van der Waals surface area (Å²) in [7, 11) is 0. The van der Waals surface area contributed by atoms with E-state index in [2.05, 4.69) is 15.5 Å². The van der Waals surface area contributed by atoms with Gasteiger partial charge in [-0.15, -0.1) is 0 Å². The Morgan fingerprint density at radius 3 is 2.85 bits per heavy atom. The molecule has 0 fully saturated rings. The average Bonchev–Trinajstić information content (AvgIpc) is 3.17. The van der Waals surface area contributed by atoms with Crippen molar-refractivity contribution in [3.05, 3.63) is 58.6 Å². The molecule has 20 heavy (non-hydrogen) atoms. The molecule has 3 rings (SSSR count). The Balaban J connectivity index is 1.65. The number of benzene rings is 1. The van der Waals surface area contributed by atoms with Crippen LogP contribution in [0.5, 0.6) is 0 Å². The molecule has 0 aliphatic carbocycles. The van der Waals surface area contributed by atoms with Crippen molar-refractivity contribution in [2.24, 2.45) is 0 Å². The molecule has 2 aromatic heterocycles. The maximum Gasteiger partial charge on any atom is 0.252 e. The largest absolute Gasteiger partial charge is 0.343 e. The molecule has 3 aromatic rings. The van der Waals surface area contributed by atoms with Crippen LogP contribution in [0.15, 0.2) is 51.7 Å². The van der Waals surface area contributed by atoms with Gasteiger partial charge in [0, 0.05) is 16.5 Å². The molecule has 1 N–H and O–H groups in total. The summed E-state index contributed by atoms with van der Waals surface area (Å²) in [6.45, 7) is 0.217. The first-order valence-electron chi connectivity index (χ1n) is 6.01. The van der Waals surface area contributed by atoms with Crippen molar-refractivity contribution in [1.29, 1.82) is 0 Å². The lowest BCUT2D eigenvalue weighted by molar-refractivity contribution is 0.0947. The number of nitrogens with one attached hydrogen (secondary N) is 1. The van der Waals surface area contributed by atoms with E-state index in [9.17, 15) is 4.79 Å². The van der Waals surface area contributed by atoms with Crippen LogP contribution in [0, 0.1) is 0 Å². The number of hydrogen-bond acceptors (Lipinski definition) is 5. The maximum absolute atomic E-state index is 11.8. The number of thiophene rings is 1. The van der Waals surface area contributed by atoms with Gasteiger partial charge in [-0.3, -0.25) is 4.79 Å². The van der Waals surface area contributed by atoms with Gasteiger partial charge in [-0.25, -0.2) is 0 Å². The zero-order valence-electron chi connectivity index (χ0n) is 10.4. The molecule has 0 atom stereocenters. The second-order valence-electron chi connectivity index (χ2n) is 4.07. The molecule has 1 aromatic carbocycles. The lowest BCUT2D eigenvalue weighted by atomic mass is 10.2. The van der Waals surface area contributed by atoms with Gasteiger partial charge in [0.15, 0.2) is 0 Å². The third-order valence-corrected chi connectivity index (χ3v) is 3.37. The highest BCUT2D eigenvalue weighted by Crippen LogP contribution is 2.14. The minimum Gasteiger partial charge on any atom is -0.343 e. The lowest BCUT2D eigenvalue weighted by Gasteiger charge is -1.98. The van der Waals surface area contributed by atoms with Crippen LogP contribution in [0.1, 0.15) is 16.2 Å². The summed E-state index contributed by atoms with van der Waals surface area (Å²) in [6.07, 6.45) is 0. The normalized spacial score (nSPS) is 10.4. The monoisotopic (exact) mass is 285 g/mol. The molecule has 0 bridgehead atoms. The summed E-state index contributed by atoms with van der Waals surface area (Å²) < 4.78 is 5.11. The van der Waals surface area contributed by atoms with Crippen LogP contribution in [0.2, 0.25) is 0 Å². The number of carbonyl (C=O) groups is 1. The summed E-state index contributed by atoms with van der Waals surface area (Å²) in [4.78, 5) is 16.0. The van der Waals surface area contributed by atoms with Crippen molar-refractivity contribution in [2.75, 3.05) is 0 Å². The molecule has 0 aliphatic heterocycles. The Labute approximate surface area is 119 Å². The van der Waals surface area contributed by atoms with Crippen LogP contribution in [-0.2, 0) is 6.54 Å². The molecule has 2 heterocycles. The summed E-state index contributed by atoms with van der Waals surface area (Å²) in [6, 6.07) is 11.3. The number of rotatable bonds is 4. The summed E-state index contributed by atoms with van der Waals surface area (Å²) in [5.74, 6) is 0.753. The van der Waals surface area contributed by atoms with Gasteiger partial charge < -0.3 is 9.84 Å². The first kappa shape index (κ1) is 12.6. The third kappa shape index (κ3) is 2.75. The zero-order valence-corrected chi connectivity index (χ0v) is 11.3. The molecular weight excluding hydrogens is 274 g/mol. The number of aromatic nitrogens is 2. The van der Waals surface area contributed by atoms with Gasteiger partial charge in [0.2, 0.25) is 11.7 Å². The number of nitrogens with zero attached hydrogens (tertiary/aromatic N) is 2. The van der Waals surface area contributed by atoms with Gasteiger partial charge in [0.25, 0.3) is 5.91 Å². The Kier molecular flexibility index (Phi) is 3.56. The second kappa shape index (κ2) is 5.66. The van der Waals surface area contributed by atoms with E-state index in [4.69, 9.17) is 4.52 Å². The Morgan fingerprint density at radius 1 is 1.25 bits per heavy atom. The number of hydrogen-bond donors (Lipinski definition) is 1. The maximum atomic E-state index is 11.8. The molecule has 0 saturated carbocycles. The highest BCUT2D eigenvalue weighted by atomic mass is 32.1. The fraction of sp³-hybridized carbons (Fsp3) is 0.0714. The van der Waals surface area contributed by atoms with E-state index in [1.54, 1.807) is 11.4 Å². The Hall–Kier alpha value is -2.47. The number of amides is 1. The fourth-order valence-corrected chi connectivity index (χ4v) is 2.32. The van der Waals surface area contributed by atoms with Crippen molar-refractivity contribution >= 4 is 17.2 Å². The molecular formula is C14H11N3O2S. The van der Waals surface area contributed by atoms with Crippen LogP contribution < -0.4 is 5.32 Å². The molecule has 0 radical (unpaired) electrons. The van der Waals surface area contributed by atoms with E-state index >= 15 is 0 Å². The van der Waals surface area contributed by atoms with E-state index in [0.29, 0.717) is 17.3 Å². The second-order valence-corrected chi connectivity index (χ2v) is 4.85. The van der Waals surface area contributed by atoms with Crippen molar-refractivity contribution in [1.82, 2.24) is 15.5 Å². The van der Waals surface area contributed by atoms with Crippen molar-refractivity contribution < 1.29 is 9.32 Å². The van der Waals surface area contributed by atoms with E-state index < -0.39 is 0 Å². The first-order chi connectivity index (χ1) is 9.83. The van der Waals surface area contributed by atoms with Crippen molar-refractivity contribution in [3.63, 3.8) is 0 Å². The molecule has 0 saturated heterocycles. The molecule has 5 nitrogen and oxygen atoms in total. The minimum absolute atomic E-state index is 0.147. The van der Waals surface area contributed by atoms with E-state index in [-0.39, 0.29) is 12.5 Å². The zero-order chi connectivity index (χ0) is 13.8. The molecule has 100 valence electrons. The smallest absolute Gasteiger partial charge is 0.252 e. The van der Waals surface area contributed by atoms with E-state index in [1.165, 1.54) is 11.3 Å². The molecule has 0 spiro atoms.